The average molecular weight is 214 g/mol. The fraction of sp³-hybridized carbons (Fsp3) is 0.800. The maximum Gasteiger partial charge on any atom is 0.237 e. The van der Waals surface area contributed by atoms with Gasteiger partial charge < -0.3 is 5.32 Å². The molecule has 0 aliphatic heterocycles. The molecule has 0 saturated carbocycles. The van der Waals surface area contributed by atoms with E-state index in [0.29, 0.717) is 13.0 Å². The zero-order valence-corrected chi connectivity index (χ0v) is 9.69. The Bertz CT molecular complexity index is 201. The highest BCUT2D eigenvalue weighted by Gasteiger charge is 2.15. The molecule has 14 heavy (non-hydrogen) atoms. The van der Waals surface area contributed by atoms with Crippen LogP contribution in [0.4, 0.5) is 0 Å². The standard InChI is InChI=1S/C10H18N2OS/c1-3-5-9(8-11)10(13)12-6-4-7-14-2/h9H,3-7H2,1-2H3,(H,12,13). The third-order valence-electron chi connectivity index (χ3n) is 1.87. The van der Waals surface area contributed by atoms with Crippen molar-refractivity contribution in [2.24, 2.45) is 5.92 Å². The fourth-order valence-electron chi connectivity index (χ4n) is 1.09. The normalized spacial score (nSPS) is 11.8. The first kappa shape index (κ1) is 13.3. The minimum atomic E-state index is -0.464. The van der Waals surface area contributed by atoms with Crippen LogP contribution in [0.15, 0.2) is 0 Å². The van der Waals surface area contributed by atoms with Crippen LogP contribution in [0.25, 0.3) is 0 Å². The molecule has 0 aliphatic rings. The van der Waals surface area contributed by atoms with Crippen molar-refractivity contribution in [2.45, 2.75) is 26.2 Å². The van der Waals surface area contributed by atoms with Gasteiger partial charge in [-0.1, -0.05) is 13.3 Å². The maximum atomic E-state index is 11.4. The lowest BCUT2D eigenvalue weighted by atomic mass is 10.1. The third-order valence-corrected chi connectivity index (χ3v) is 2.57. The number of nitrogens with one attached hydrogen (secondary N) is 1. The molecule has 0 fully saturated rings. The molecule has 0 aromatic rings. The smallest absolute Gasteiger partial charge is 0.237 e. The van der Waals surface area contributed by atoms with E-state index in [1.807, 2.05) is 19.2 Å². The van der Waals surface area contributed by atoms with Gasteiger partial charge in [-0.25, -0.2) is 0 Å². The number of hydrogen-bond donors (Lipinski definition) is 1. The molecule has 0 aromatic carbocycles. The summed E-state index contributed by atoms with van der Waals surface area (Å²) in [6.07, 6.45) is 4.54. The molecule has 0 spiro atoms. The molecule has 1 unspecified atom stereocenters. The summed E-state index contributed by atoms with van der Waals surface area (Å²) in [6, 6.07) is 2.03. The van der Waals surface area contributed by atoms with E-state index < -0.39 is 5.92 Å². The summed E-state index contributed by atoms with van der Waals surface area (Å²) in [6.45, 7) is 2.66. The van der Waals surface area contributed by atoms with Crippen LogP contribution >= 0.6 is 11.8 Å². The molecule has 1 amide bonds. The number of hydrogen-bond acceptors (Lipinski definition) is 3. The Hall–Kier alpha value is -0.690. The van der Waals surface area contributed by atoms with E-state index in [1.54, 1.807) is 11.8 Å². The molecule has 0 aromatic heterocycles. The van der Waals surface area contributed by atoms with Crippen LogP contribution in [-0.4, -0.2) is 24.5 Å². The van der Waals surface area contributed by atoms with Gasteiger partial charge in [0.2, 0.25) is 5.91 Å². The average Bonchev–Trinajstić information content (AvgIpc) is 2.20. The predicted molar refractivity (Wildman–Crippen MR) is 60.0 cm³/mol. The van der Waals surface area contributed by atoms with Crippen molar-refractivity contribution in [1.29, 1.82) is 5.26 Å². The van der Waals surface area contributed by atoms with Gasteiger partial charge in [0.1, 0.15) is 5.92 Å². The Kier molecular flexibility index (Phi) is 8.45. The topological polar surface area (TPSA) is 52.9 Å². The molecule has 0 aliphatic carbocycles. The summed E-state index contributed by atoms with van der Waals surface area (Å²) in [5.74, 6) is 0.468. The van der Waals surface area contributed by atoms with Crippen LogP contribution < -0.4 is 5.32 Å². The summed E-state index contributed by atoms with van der Waals surface area (Å²) in [5, 5.41) is 11.5. The SMILES string of the molecule is CCCC(C#N)C(=O)NCCCSC. The van der Waals surface area contributed by atoms with E-state index in [0.717, 1.165) is 18.6 Å². The first-order valence-corrected chi connectivity index (χ1v) is 6.31. The maximum absolute atomic E-state index is 11.4. The first-order valence-electron chi connectivity index (χ1n) is 4.92. The number of rotatable bonds is 7. The lowest BCUT2D eigenvalue weighted by molar-refractivity contribution is -0.123. The predicted octanol–water partition coefficient (Wildman–Crippen LogP) is 1.80. The molecule has 0 rings (SSSR count). The summed E-state index contributed by atoms with van der Waals surface area (Å²) in [4.78, 5) is 11.4. The molecular formula is C10H18N2OS. The molecule has 0 radical (unpaired) electrons. The largest absolute Gasteiger partial charge is 0.355 e. The number of carbonyl (C=O) groups is 1. The molecule has 0 heterocycles. The van der Waals surface area contributed by atoms with Gasteiger partial charge in [-0.15, -0.1) is 0 Å². The molecule has 1 N–H and O–H groups in total. The van der Waals surface area contributed by atoms with Crippen molar-refractivity contribution in [2.75, 3.05) is 18.6 Å². The van der Waals surface area contributed by atoms with Gasteiger partial charge in [-0.05, 0) is 24.9 Å². The van der Waals surface area contributed by atoms with Gasteiger partial charge in [0, 0.05) is 6.54 Å². The second-order valence-electron chi connectivity index (χ2n) is 3.11. The third kappa shape index (κ3) is 5.87. The van der Waals surface area contributed by atoms with E-state index in [1.165, 1.54) is 0 Å². The summed E-state index contributed by atoms with van der Waals surface area (Å²) < 4.78 is 0. The first-order chi connectivity index (χ1) is 6.76. The molecule has 0 saturated heterocycles. The Morgan fingerprint density at radius 3 is 2.86 bits per heavy atom. The van der Waals surface area contributed by atoms with Crippen molar-refractivity contribution in [3.63, 3.8) is 0 Å². The van der Waals surface area contributed by atoms with Crippen molar-refractivity contribution >= 4 is 17.7 Å². The van der Waals surface area contributed by atoms with Crippen molar-refractivity contribution < 1.29 is 4.79 Å². The highest BCUT2D eigenvalue weighted by atomic mass is 32.2. The minimum absolute atomic E-state index is 0.115. The van der Waals surface area contributed by atoms with Gasteiger partial charge in [-0.2, -0.15) is 17.0 Å². The van der Waals surface area contributed by atoms with Crippen molar-refractivity contribution in [3.05, 3.63) is 0 Å². The summed E-state index contributed by atoms with van der Waals surface area (Å²) >= 11 is 1.76. The van der Waals surface area contributed by atoms with E-state index >= 15 is 0 Å². The second-order valence-corrected chi connectivity index (χ2v) is 4.09. The van der Waals surface area contributed by atoms with Gasteiger partial charge in [0.15, 0.2) is 0 Å². The van der Waals surface area contributed by atoms with E-state index in [4.69, 9.17) is 5.26 Å². The molecule has 0 bridgehead atoms. The monoisotopic (exact) mass is 214 g/mol. The van der Waals surface area contributed by atoms with Crippen LogP contribution in [0.1, 0.15) is 26.2 Å². The second kappa shape index (κ2) is 8.89. The van der Waals surface area contributed by atoms with Crippen molar-refractivity contribution in [3.8, 4) is 6.07 Å². The van der Waals surface area contributed by atoms with Crippen LogP contribution in [0, 0.1) is 17.2 Å². The molecule has 80 valence electrons. The summed E-state index contributed by atoms with van der Waals surface area (Å²) in [5.41, 5.74) is 0. The fourth-order valence-corrected chi connectivity index (χ4v) is 1.53. The molecule has 4 heteroatoms. The Labute approximate surface area is 90.3 Å². The van der Waals surface area contributed by atoms with Gasteiger partial charge in [-0.3, -0.25) is 4.79 Å². The Balaban J connectivity index is 3.65. The molecular weight excluding hydrogens is 196 g/mol. The highest BCUT2D eigenvalue weighted by molar-refractivity contribution is 7.98. The molecule has 1 atom stereocenters. The van der Waals surface area contributed by atoms with E-state index in [2.05, 4.69) is 5.32 Å². The van der Waals surface area contributed by atoms with E-state index in [9.17, 15) is 4.79 Å². The van der Waals surface area contributed by atoms with Gasteiger partial charge in [0.05, 0.1) is 6.07 Å². The van der Waals surface area contributed by atoms with Crippen LogP contribution in [0.2, 0.25) is 0 Å². The number of carbonyl (C=O) groups excluding carboxylic acids is 1. The lowest BCUT2D eigenvalue weighted by Gasteiger charge is -2.08. The van der Waals surface area contributed by atoms with Crippen LogP contribution in [0.3, 0.4) is 0 Å². The van der Waals surface area contributed by atoms with Crippen LogP contribution in [-0.2, 0) is 4.79 Å². The number of thioether (sulfide) groups is 1. The lowest BCUT2D eigenvalue weighted by Crippen LogP contribution is -2.30. The Morgan fingerprint density at radius 2 is 2.36 bits per heavy atom. The minimum Gasteiger partial charge on any atom is -0.355 e. The van der Waals surface area contributed by atoms with Crippen LogP contribution in [0.5, 0.6) is 0 Å². The highest BCUT2D eigenvalue weighted by Crippen LogP contribution is 2.04. The zero-order valence-electron chi connectivity index (χ0n) is 8.88. The summed E-state index contributed by atoms with van der Waals surface area (Å²) in [7, 11) is 0. The van der Waals surface area contributed by atoms with E-state index in [-0.39, 0.29) is 5.91 Å². The molecule has 3 nitrogen and oxygen atoms in total. The van der Waals surface area contributed by atoms with Gasteiger partial charge >= 0.3 is 0 Å². The number of amides is 1. The van der Waals surface area contributed by atoms with Gasteiger partial charge in [0.25, 0.3) is 0 Å². The Morgan fingerprint density at radius 1 is 1.64 bits per heavy atom. The number of nitriles is 1. The number of nitrogens with zero attached hydrogens (tertiary/aromatic N) is 1. The quantitative estimate of drug-likeness (QED) is 0.657. The van der Waals surface area contributed by atoms with Crippen molar-refractivity contribution in [1.82, 2.24) is 5.32 Å². The zero-order chi connectivity index (χ0) is 10.8.